The molecule has 2 unspecified atom stereocenters. The highest BCUT2D eigenvalue weighted by Gasteiger charge is 2.24. The van der Waals surface area contributed by atoms with Crippen molar-refractivity contribution in [2.24, 2.45) is 4.99 Å². The predicted molar refractivity (Wildman–Crippen MR) is 135 cm³/mol. The van der Waals surface area contributed by atoms with Crippen LogP contribution in [0.2, 0.25) is 0 Å². The normalized spacial score (nSPS) is 16.7. The highest BCUT2D eigenvalue weighted by Crippen LogP contribution is 2.31. The third-order valence-electron chi connectivity index (χ3n) is 5.25. The summed E-state index contributed by atoms with van der Waals surface area (Å²) in [5.74, 6) is 0.541. The summed E-state index contributed by atoms with van der Waals surface area (Å²) in [6.45, 7) is 3.81. The van der Waals surface area contributed by atoms with E-state index in [2.05, 4.69) is 22.0 Å². The predicted octanol–water partition coefficient (Wildman–Crippen LogP) is 3.73. The van der Waals surface area contributed by atoms with Gasteiger partial charge in [0.1, 0.15) is 5.82 Å². The lowest BCUT2D eigenvalue weighted by atomic mass is 9.90. The van der Waals surface area contributed by atoms with E-state index in [1.165, 1.54) is 6.07 Å². The zero-order valence-electron chi connectivity index (χ0n) is 18.2. The first kappa shape index (κ1) is 25.1. The zero-order valence-corrected chi connectivity index (χ0v) is 20.5. The molecule has 0 bridgehead atoms. The smallest absolute Gasteiger partial charge is 0.225 e. The van der Waals surface area contributed by atoms with Crippen LogP contribution < -0.4 is 16.0 Å². The number of rotatable bonds is 7. The topological polar surface area (TPSA) is 68.8 Å². The third-order valence-corrected chi connectivity index (χ3v) is 5.25. The fraction of sp³-hybridized carbons (Fsp3) is 0.391. The molecule has 0 aliphatic carbocycles. The number of amides is 1. The van der Waals surface area contributed by atoms with Crippen LogP contribution in [0.3, 0.4) is 0 Å². The van der Waals surface area contributed by atoms with Crippen molar-refractivity contribution < 1.29 is 9.18 Å². The van der Waals surface area contributed by atoms with E-state index in [9.17, 15) is 9.18 Å². The van der Waals surface area contributed by atoms with E-state index >= 15 is 0 Å². The number of likely N-dealkylation sites (N-methyl/N-ethyl adjacent to an activating group) is 1. The maximum absolute atomic E-state index is 13.7. The Morgan fingerprint density at radius 1 is 1.23 bits per heavy atom. The van der Waals surface area contributed by atoms with Crippen molar-refractivity contribution >= 4 is 41.5 Å². The van der Waals surface area contributed by atoms with Gasteiger partial charge in [0, 0.05) is 31.1 Å². The number of nitrogens with zero attached hydrogens (tertiary/aromatic N) is 2. The van der Waals surface area contributed by atoms with Gasteiger partial charge in [0.2, 0.25) is 5.91 Å². The molecule has 31 heavy (non-hydrogen) atoms. The first-order chi connectivity index (χ1) is 14.5. The monoisotopic (exact) mass is 539 g/mol. The maximum Gasteiger partial charge on any atom is 0.225 e. The minimum absolute atomic E-state index is 0. The van der Waals surface area contributed by atoms with Crippen molar-refractivity contribution in [1.82, 2.24) is 15.5 Å². The molecule has 3 rings (SSSR count). The highest BCUT2D eigenvalue weighted by molar-refractivity contribution is 14.0. The number of benzene rings is 2. The maximum atomic E-state index is 13.7. The first-order valence-corrected chi connectivity index (χ1v) is 10.3. The Kier molecular flexibility index (Phi) is 9.70. The van der Waals surface area contributed by atoms with Gasteiger partial charge in [-0.15, -0.1) is 24.0 Å². The summed E-state index contributed by atoms with van der Waals surface area (Å²) in [5, 5.41) is 9.56. The molecule has 0 radical (unpaired) electrons. The van der Waals surface area contributed by atoms with Gasteiger partial charge in [0.15, 0.2) is 5.96 Å². The van der Waals surface area contributed by atoms with Crippen LogP contribution in [-0.4, -0.2) is 50.5 Å². The van der Waals surface area contributed by atoms with Crippen LogP contribution in [0.4, 0.5) is 10.1 Å². The number of fused-ring (bicyclic) bond motifs is 1. The third kappa shape index (κ3) is 6.90. The van der Waals surface area contributed by atoms with Gasteiger partial charge in [-0.3, -0.25) is 9.79 Å². The van der Waals surface area contributed by atoms with Gasteiger partial charge in [0.05, 0.1) is 12.6 Å². The number of anilines is 1. The second-order valence-corrected chi connectivity index (χ2v) is 7.67. The summed E-state index contributed by atoms with van der Waals surface area (Å²) >= 11 is 0. The molecule has 1 amide bonds. The average Bonchev–Trinajstić information content (AvgIpc) is 2.71. The molecule has 2 aromatic carbocycles. The van der Waals surface area contributed by atoms with Crippen LogP contribution in [0.25, 0.3) is 0 Å². The average molecular weight is 539 g/mol. The van der Waals surface area contributed by atoms with E-state index in [0.29, 0.717) is 25.5 Å². The van der Waals surface area contributed by atoms with Crippen LogP contribution in [-0.2, 0) is 4.79 Å². The molecule has 0 saturated carbocycles. The number of carbonyl (C=O) groups is 1. The molecule has 1 heterocycles. The van der Waals surface area contributed by atoms with Crippen molar-refractivity contribution in [3.63, 3.8) is 0 Å². The van der Waals surface area contributed by atoms with Gasteiger partial charge in [-0.25, -0.2) is 4.39 Å². The van der Waals surface area contributed by atoms with E-state index in [0.717, 1.165) is 23.4 Å². The van der Waals surface area contributed by atoms with Crippen LogP contribution >= 0.6 is 24.0 Å². The Hall–Kier alpha value is -2.20. The summed E-state index contributed by atoms with van der Waals surface area (Å²) in [6.07, 6.45) is 0.438. The Balaban J connectivity index is 0.00000341. The van der Waals surface area contributed by atoms with E-state index < -0.39 is 0 Å². The van der Waals surface area contributed by atoms with E-state index in [1.807, 2.05) is 50.2 Å². The number of nitrogens with one attached hydrogen (secondary N) is 3. The second kappa shape index (κ2) is 12.0. The lowest BCUT2D eigenvalue weighted by molar-refractivity contribution is -0.116. The number of hydrogen-bond acceptors (Lipinski definition) is 3. The van der Waals surface area contributed by atoms with E-state index in [4.69, 9.17) is 4.99 Å². The fourth-order valence-corrected chi connectivity index (χ4v) is 3.70. The molecule has 2 aromatic rings. The van der Waals surface area contributed by atoms with Gasteiger partial charge >= 0.3 is 0 Å². The molecular formula is C23H31FIN5O. The summed E-state index contributed by atoms with van der Waals surface area (Å²) in [7, 11) is 3.92. The number of carbonyl (C=O) groups excluding carboxylic acids is 1. The van der Waals surface area contributed by atoms with Gasteiger partial charge in [-0.2, -0.15) is 0 Å². The molecule has 3 N–H and O–H groups in total. The van der Waals surface area contributed by atoms with Crippen LogP contribution in [0.15, 0.2) is 53.5 Å². The van der Waals surface area contributed by atoms with E-state index in [-0.39, 0.29) is 47.7 Å². The van der Waals surface area contributed by atoms with Crippen molar-refractivity contribution in [2.75, 3.05) is 39.0 Å². The van der Waals surface area contributed by atoms with Crippen molar-refractivity contribution in [1.29, 1.82) is 0 Å². The molecule has 2 atom stereocenters. The highest BCUT2D eigenvalue weighted by atomic mass is 127. The molecule has 0 spiro atoms. The van der Waals surface area contributed by atoms with Gasteiger partial charge in [-0.05, 0) is 50.3 Å². The Morgan fingerprint density at radius 2 is 2.00 bits per heavy atom. The molecule has 0 saturated heterocycles. The number of halogens is 2. The summed E-state index contributed by atoms with van der Waals surface area (Å²) in [5.41, 5.74) is 2.89. The molecular weight excluding hydrogens is 508 g/mol. The standard InChI is InChI=1S/C23H30FN5O.HI/c1-4-25-23(27-15-21(29(2)3)16-8-7-9-18(24)12-16)26-14-17-13-22(30)28-20-11-6-5-10-19(17)20;/h5-12,17,21H,4,13-15H2,1-3H3,(H,28,30)(H2,25,26,27);1H. The number of hydrogen-bond donors (Lipinski definition) is 3. The quantitative estimate of drug-likeness (QED) is 0.285. The second-order valence-electron chi connectivity index (χ2n) is 7.67. The minimum Gasteiger partial charge on any atom is -0.357 e. The lowest BCUT2D eigenvalue weighted by Gasteiger charge is -2.27. The Labute approximate surface area is 200 Å². The molecule has 1 aliphatic heterocycles. The van der Waals surface area contributed by atoms with Crippen molar-refractivity contribution in [2.45, 2.75) is 25.3 Å². The summed E-state index contributed by atoms with van der Waals surface area (Å²) in [6, 6.07) is 14.5. The van der Waals surface area contributed by atoms with Gasteiger partial charge in [0.25, 0.3) is 0 Å². The van der Waals surface area contributed by atoms with Gasteiger partial charge in [-0.1, -0.05) is 30.3 Å². The lowest BCUT2D eigenvalue weighted by Crippen LogP contribution is -2.41. The number of para-hydroxylation sites is 1. The molecule has 6 nitrogen and oxygen atoms in total. The molecule has 0 fully saturated rings. The Bertz CT molecular complexity index is 905. The molecule has 8 heteroatoms. The van der Waals surface area contributed by atoms with E-state index in [1.54, 1.807) is 12.1 Å². The first-order valence-electron chi connectivity index (χ1n) is 10.3. The van der Waals surface area contributed by atoms with Crippen LogP contribution in [0, 0.1) is 5.82 Å². The van der Waals surface area contributed by atoms with Crippen molar-refractivity contribution in [3.05, 3.63) is 65.5 Å². The molecule has 168 valence electrons. The summed E-state index contributed by atoms with van der Waals surface area (Å²) in [4.78, 5) is 18.8. The van der Waals surface area contributed by atoms with Gasteiger partial charge < -0.3 is 20.9 Å². The minimum atomic E-state index is -0.248. The largest absolute Gasteiger partial charge is 0.357 e. The number of guanidine groups is 1. The fourth-order valence-electron chi connectivity index (χ4n) is 3.70. The van der Waals surface area contributed by atoms with Crippen LogP contribution in [0.1, 0.15) is 36.4 Å². The Morgan fingerprint density at radius 3 is 2.71 bits per heavy atom. The molecule has 1 aliphatic rings. The molecule has 0 aromatic heterocycles. The number of aliphatic imine (C=N–C) groups is 1. The summed E-state index contributed by atoms with van der Waals surface area (Å²) < 4.78 is 13.7. The van der Waals surface area contributed by atoms with Crippen molar-refractivity contribution in [3.8, 4) is 0 Å². The zero-order chi connectivity index (χ0) is 21.5. The SMILES string of the molecule is CCNC(=NCC(c1cccc(F)c1)N(C)C)NCC1CC(=O)Nc2ccccc21.I. The van der Waals surface area contributed by atoms with Crippen LogP contribution in [0.5, 0.6) is 0 Å².